The Bertz CT molecular complexity index is 700. The lowest BCUT2D eigenvalue weighted by molar-refractivity contribution is 0.0283. The Labute approximate surface area is 169 Å². The number of ether oxygens (including phenoxy) is 1. The van der Waals surface area contributed by atoms with Crippen LogP contribution in [0.4, 0.5) is 0 Å². The summed E-state index contributed by atoms with van der Waals surface area (Å²) in [5.41, 5.74) is 0.968. The van der Waals surface area contributed by atoms with Crippen molar-refractivity contribution in [1.82, 2.24) is 0 Å². The first-order valence-corrected chi connectivity index (χ1v) is 11.7. The second-order valence-corrected chi connectivity index (χ2v) is 8.85. The highest BCUT2D eigenvalue weighted by Gasteiger charge is 2.50. The molecule has 6 heteroatoms. The fourth-order valence-corrected chi connectivity index (χ4v) is 5.81. The molecule has 0 saturated carbocycles. The molecular weight excluding hydrogens is 372 g/mol. The highest BCUT2D eigenvalue weighted by molar-refractivity contribution is 6.62. The Hall–Kier alpha value is -1.99. The van der Waals surface area contributed by atoms with Crippen molar-refractivity contribution in [2.24, 2.45) is 0 Å². The first-order chi connectivity index (χ1) is 13.6. The molecule has 0 fully saturated rings. The van der Waals surface area contributed by atoms with Crippen molar-refractivity contribution in [3.8, 4) is 5.75 Å². The highest BCUT2D eigenvalue weighted by Crippen LogP contribution is 2.24. The first kappa shape index (κ1) is 22.3. The molecule has 0 aliphatic carbocycles. The van der Waals surface area contributed by atoms with E-state index in [4.69, 9.17) is 18.0 Å². The van der Waals surface area contributed by atoms with Gasteiger partial charge in [0, 0.05) is 30.9 Å². The SMILES string of the molecule is CCO[Si](OCC)(OCC)C(CC)Oc1ccc(C(=O)c2ccccc2)cc1. The number of hydrogen-bond donors (Lipinski definition) is 0. The van der Waals surface area contributed by atoms with Crippen LogP contribution in [0.2, 0.25) is 0 Å². The van der Waals surface area contributed by atoms with Gasteiger partial charge in [-0.2, -0.15) is 0 Å². The average Bonchev–Trinajstić information content (AvgIpc) is 2.73. The molecule has 2 aromatic rings. The lowest BCUT2D eigenvalue weighted by Gasteiger charge is -2.34. The number of ketones is 1. The molecule has 5 nitrogen and oxygen atoms in total. The van der Waals surface area contributed by atoms with Gasteiger partial charge in [0.2, 0.25) is 0 Å². The predicted molar refractivity (Wildman–Crippen MR) is 112 cm³/mol. The van der Waals surface area contributed by atoms with Crippen molar-refractivity contribution in [3.63, 3.8) is 0 Å². The van der Waals surface area contributed by atoms with Crippen LogP contribution >= 0.6 is 0 Å². The molecule has 1 atom stereocenters. The summed E-state index contributed by atoms with van der Waals surface area (Å²) < 4.78 is 24.1. The summed E-state index contributed by atoms with van der Waals surface area (Å²) in [6.45, 7) is 9.30. The zero-order chi connectivity index (χ0) is 20.4. The lowest BCUT2D eigenvalue weighted by Crippen LogP contribution is -2.58. The molecule has 2 aromatic carbocycles. The molecule has 2 rings (SSSR count). The third-order valence-electron chi connectivity index (χ3n) is 4.23. The van der Waals surface area contributed by atoms with E-state index in [0.717, 1.165) is 0 Å². The van der Waals surface area contributed by atoms with Crippen molar-refractivity contribution in [1.29, 1.82) is 0 Å². The van der Waals surface area contributed by atoms with Crippen molar-refractivity contribution in [3.05, 3.63) is 65.7 Å². The van der Waals surface area contributed by atoms with Gasteiger partial charge in [-0.3, -0.25) is 4.79 Å². The minimum atomic E-state index is -2.98. The van der Waals surface area contributed by atoms with Crippen LogP contribution in [0.5, 0.6) is 5.75 Å². The minimum Gasteiger partial charge on any atom is -0.486 e. The van der Waals surface area contributed by atoms with Gasteiger partial charge >= 0.3 is 8.80 Å². The van der Waals surface area contributed by atoms with Crippen molar-refractivity contribution < 1.29 is 22.8 Å². The van der Waals surface area contributed by atoms with E-state index in [1.54, 1.807) is 12.1 Å². The van der Waals surface area contributed by atoms with Gasteiger partial charge in [0.05, 0.1) is 0 Å². The fraction of sp³-hybridized carbons (Fsp3) is 0.409. The molecular formula is C22H30O5Si. The molecule has 1 unspecified atom stereocenters. The number of carbonyl (C=O) groups excluding carboxylic acids is 1. The molecule has 0 radical (unpaired) electrons. The summed E-state index contributed by atoms with van der Waals surface area (Å²) >= 11 is 0. The summed E-state index contributed by atoms with van der Waals surface area (Å²) in [6.07, 6.45) is 0.691. The monoisotopic (exact) mass is 402 g/mol. The Morgan fingerprint density at radius 3 is 1.75 bits per heavy atom. The quantitative estimate of drug-likeness (QED) is 0.382. The van der Waals surface area contributed by atoms with E-state index < -0.39 is 8.80 Å². The molecule has 0 aliphatic rings. The Kier molecular flexibility index (Phi) is 8.85. The second-order valence-electron chi connectivity index (χ2n) is 6.14. The molecule has 0 heterocycles. The predicted octanol–water partition coefficient (Wildman–Crippen LogP) is 4.66. The van der Waals surface area contributed by atoms with E-state index in [2.05, 4.69) is 0 Å². The number of benzene rings is 2. The maximum absolute atomic E-state index is 12.6. The van der Waals surface area contributed by atoms with Gasteiger partial charge in [-0.15, -0.1) is 0 Å². The lowest BCUT2D eigenvalue weighted by atomic mass is 10.0. The third kappa shape index (κ3) is 5.51. The molecule has 152 valence electrons. The zero-order valence-electron chi connectivity index (χ0n) is 17.1. The standard InChI is InChI=1S/C22H30O5Si/c1-5-21(28(24-6-2,25-7-3)26-8-4)27-20-16-14-19(15-17-20)22(23)18-12-10-9-11-13-18/h9-17,21H,5-8H2,1-4H3. The Balaban J connectivity index is 2.18. The van der Waals surface area contributed by atoms with Gasteiger partial charge in [0.1, 0.15) is 5.75 Å². The molecule has 0 N–H and O–H groups in total. The summed E-state index contributed by atoms with van der Waals surface area (Å²) in [5, 5.41) is 0. The number of carbonyl (C=O) groups is 1. The normalized spacial score (nSPS) is 12.6. The topological polar surface area (TPSA) is 54.0 Å². The first-order valence-electron chi connectivity index (χ1n) is 9.88. The van der Waals surface area contributed by atoms with Crippen molar-refractivity contribution in [2.75, 3.05) is 19.8 Å². The summed E-state index contributed by atoms with van der Waals surface area (Å²) in [7, 11) is -2.98. The van der Waals surface area contributed by atoms with E-state index in [1.165, 1.54) is 0 Å². The highest BCUT2D eigenvalue weighted by atomic mass is 28.4. The number of hydrogen-bond acceptors (Lipinski definition) is 5. The van der Waals surface area contributed by atoms with Crippen molar-refractivity contribution in [2.45, 2.75) is 39.8 Å². The van der Waals surface area contributed by atoms with Crippen LogP contribution in [0.25, 0.3) is 0 Å². The Morgan fingerprint density at radius 2 is 1.29 bits per heavy atom. The van der Waals surface area contributed by atoms with Crippen LogP contribution in [0, 0.1) is 0 Å². The van der Waals surface area contributed by atoms with Crippen LogP contribution < -0.4 is 4.74 Å². The third-order valence-corrected chi connectivity index (χ3v) is 7.62. The largest absolute Gasteiger partial charge is 0.543 e. The van der Waals surface area contributed by atoms with Gasteiger partial charge in [-0.1, -0.05) is 37.3 Å². The number of rotatable bonds is 12. The summed E-state index contributed by atoms with van der Waals surface area (Å²) in [6, 6.07) is 16.4. The maximum Gasteiger partial charge on any atom is 0.543 e. The van der Waals surface area contributed by atoms with Gasteiger partial charge in [0.25, 0.3) is 0 Å². The zero-order valence-corrected chi connectivity index (χ0v) is 18.1. The molecule has 0 aliphatic heterocycles. The van der Waals surface area contributed by atoms with E-state index in [0.29, 0.717) is 43.1 Å². The maximum atomic E-state index is 12.6. The van der Waals surface area contributed by atoms with E-state index in [1.807, 2.05) is 70.2 Å². The van der Waals surface area contributed by atoms with E-state index >= 15 is 0 Å². The molecule has 0 saturated heterocycles. The van der Waals surface area contributed by atoms with Gasteiger partial charge in [0.15, 0.2) is 11.5 Å². The summed E-state index contributed by atoms with van der Waals surface area (Å²) in [5.74, 6) is 0.647. The van der Waals surface area contributed by atoms with Gasteiger partial charge < -0.3 is 18.0 Å². The molecule has 0 spiro atoms. The van der Waals surface area contributed by atoms with E-state index in [-0.39, 0.29) is 11.5 Å². The van der Waals surface area contributed by atoms with Crippen LogP contribution in [-0.4, -0.2) is 40.1 Å². The van der Waals surface area contributed by atoms with E-state index in [9.17, 15) is 4.79 Å². The Morgan fingerprint density at radius 1 is 0.786 bits per heavy atom. The van der Waals surface area contributed by atoms with Gasteiger partial charge in [-0.05, 0) is 51.5 Å². The van der Waals surface area contributed by atoms with Gasteiger partial charge in [-0.25, -0.2) is 0 Å². The van der Waals surface area contributed by atoms with Crippen LogP contribution in [0.15, 0.2) is 54.6 Å². The van der Waals surface area contributed by atoms with Crippen LogP contribution in [0.1, 0.15) is 50.0 Å². The van der Waals surface area contributed by atoms with Crippen molar-refractivity contribution >= 4 is 14.6 Å². The smallest absolute Gasteiger partial charge is 0.486 e. The fourth-order valence-electron chi connectivity index (χ4n) is 3.02. The summed E-state index contributed by atoms with van der Waals surface area (Å²) in [4.78, 5) is 12.6. The van der Waals surface area contributed by atoms with Crippen LogP contribution in [0.3, 0.4) is 0 Å². The molecule has 28 heavy (non-hydrogen) atoms. The molecule has 0 bridgehead atoms. The average molecular weight is 403 g/mol. The second kappa shape index (κ2) is 11.1. The molecule has 0 aromatic heterocycles. The van der Waals surface area contributed by atoms with Crippen LogP contribution in [-0.2, 0) is 13.3 Å². The minimum absolute atomic E-state index is 0.0131. The molecule has 0 amide bonds.